The van der Waals surface area contributed by atoms with Crippen molar-refractivity contribution in [2.24, 2.45) is 0 Å². The van der Waals surface area contributed by atoms with Gasteiger partial charge in [-0.2, -0.15) is 0 Å². The SMILES string of the molecule is CCCCCOC(CNC(C)C)c1ccc(Br)cc1. The maximum absolute atomic E-state index is 6.04. The lowest BCUT2D eigenvalue weighted by molar-refractivity contribution is 0.0487. The first kappa shape index (κ1) is 16.7. The number of nitrogens with one attached hydrogen (secondary N) is 1. The molecular formula is C16H26BrNO. The zero-order chi connectivity index (χ0) is 14.1. The third-order valence-electron chi connectivity index (χ3n) is 3.02. The third-order valence-corrected chi connectivity index (χ3v) is 3.55. The van der Waals surface area contributed by atoms with E-state index in [2.05, 4.69) is 66.3 Å². The quantitative estimate of drug-likeness (QED) is 0.664. The smallest absolute Gasteiger partial charge is 0.0949 e. The summed E-state index contributed by atoms with van der Waals surface area (Å²) in [5, 5.41) is 3.46. The fraction of sp³-hybridized carbons (Fsp3) is 0.625. The summed E-state index contributed by atoms with van der Waals surface area (Å²) in [6.07, 6.45) is 3.76. The highest BCUT2D eigenvalue weighted by Gasteiger charge is 2.12. The second kappa shape index (κ2) is 9.51. The summed E-state index contributed by atoms with van der Waals surface area (Å²) < 4.78 is 7.15. The van der Waals surface area contributed by atoms with Gasteiger partial charge in [0.1, 0.15) is 0 Å². The number of rotatable bonds is 9. The fourth-order valence-corrected chi connectivity index (χ4v) is 2.14. The van der Waals surface area contributed by atoms with Crippen LogP contribution in [0.3, 0.4) is 0 Å². The second-order valence-electron chi connectivity index (χ2n) is 5.18. The van der Waals surface area contributed by atoms with Crippen LogP contribution in [-0.2, 0) is 4.74 Å². The maximum Gasteiger partial charge on any atom is 0.0949 e. The molecule has 0 aliphatic rings. The highest BCUT2D eigenvalue weighted by molar-refractivity contribution is 9.10. The van der Waals surface area contributed by atoms with Crippen LogP contribution in [0, 0.1) is 0 Å². The van der Waals surface area contributed by atoms with Crippen molar-refractivity contribution in [2.45, 2.75) is 52.2 Å². The molecular weight excluding hydrogens is 302 g/mol. The second-order valence-corrected chi connectivity index (χ2v) is 6.10. The summed E-state index contributed by atoms with van der Waals surface area (Å²) in [6, 6.07) is 8.91. The Bertz CT molecular complexity index is 337. The van der Waals surface area contributed by atoms with E-state index in [1.165, 1.54) is 18.4 Å². The molecule has 2 nitrogen and oxygen atoms in total. The molecule has 0 aliphatic carbocycles. The van der Waals surface area contributed by atoms with Gasteiger partial charge in [0.15, 0.2) is 0 Å². The Morgan fingerprint density at radius 1 is 1.16 bits per heavy atom. The van der Waals surface area contributed by atoms with E-state index in [9.17, 15) is 0 Å². The molecule has 0 saturated carbocycles. The summed E-state index contributed by atoms with van der Waals surface area (Å²) in [4.78, 5) is 0. The molecule has 108 valence electrons. The van der Waals surface area contributed by atoms with Gasteiger partial charge in [-0.05, 0) is 24.1 Å². The van der Waals surface area contributed by atoms with Crippen molar-refractivity contribution in [3.8, 4) is 0 Å². The van der Waals surface area contributed by atoms with Crippen LogP contribution in [0.4, 0.5) is 0 Å². The predicted octanol–water partition coefficient (Wildman–Crippen LogP) is 4.70. The van der Waals surface area contributed by atoms with Crippen LogP contribution in [0.2, 0.25) is 0 Å². The Labute approximate surface area is 126 Å². The van der Waals surface area contributed by atoms with Crippen molar-refractivity contribution in [1.29, 1.82) is 0 Å². The molecule has 1 unspecified atom stereocenters. The molecule has 0 spiro atoms. The van der Waals surface area contributed by atoms with Crippen molar-refractivity contribution in [3.63, 3.8) is 0 Å². The lowest BCUT2D eigenvalue weighted by Crippen LogP contribution is -2.29. The topological polar surface area (TPSA) is 21.3 Å². The van der Waals surface area contributed by atoms with Gasteiger partial charge in [-0.1, -0.05) is 61.7 Å². The Balaban J connectivity index is 2.54. The van der Waals surface area contributed by atoms with Crippen LogP contribution in [0.25, 0.3) is 0 Å². The van der Waals surface area contributed by atoms with Gasteiger partial charge in [0.05, 0.1) is 6.10 Å². The highest BCUT2D eigenvalue weighted by Crippen LogP contribution is 2.20. The number of hydrogen-bond donors (Lipinski definition) is 1. The number of benzene rings is 1. The van der Waals surface area contributed by atoms with E-state index in [-0.39, 0.29) is 6.10 Å². The molecule has 1 rings (SSSR count). The molecule has 1 atom stereocenters. The molecule has 19 heavy (non-hydrogen) atoms. The zero-order valence-corrected chi connectivity index (χ0v) is 13.9. The summed E-state index contributed by atoms with van der Waals surface area (Å²) in [7, 11) is 0. The van der Waals surface area contributed by atoms with Crippen LogP contribution in [0.5, 0.6) is 0 Å². The van der Waals surface area contributed by atoms with Gasteiger partial charge in [-0.15, -0.1) is 0 Å². The van der Waals surface area contributed by atoms with Gasteiger partial charge >= 0.3 is 0 Å². The van der Waals surface area contributed by atoms with Crippen molar-refractivity contribution in [2.75, 3.05) is 13.2 Å². The van der Waals surface area contributed by atoms with Gasteiger partial charge in [0.25, 0.3) is 0 Å². The Morgan fingerprint density at radius 3 is 2.42 bits per heavy atom. The molecule has 1 aromatic carbocycles. The molecule has 1 aromatic rings. The van der Waals surface area contributed by atoms with Gasteiger partial charge < -0.3 is 10.1 Å². The monoisotopic (exact) mass is 327 g/mol. The summed E-state index contributed by atoms with van der Waals surface area (Å²) in [5.41, 5.74) is 1.24. The van der Waals surface area contributed by atoms with Gasteiger partial charge in [0, 0.05) is 23.7 Å². The van der Waals surface area contributed by atoms with E-state index in [0.29, 0.717) is 6.04 Å². The highest BCUT2D eigenvalue weighted by atomic mass is 79.9. The lowest BCUT2D eigenvalue weighted by Gasteiger charge is -2.20. The maximum atomic E-state index is 6.04. The lowest BCUT2D eigenvalue weighted by atomic mass is 10.1. The van der Waals surface area contributed by atoms with Crippen molar-refractivity contribution in [3.05, 3.63) is 34.3 Å². The molecule has 1 N–H and O–H groups in total. The molecule has 0 radical (unpaired) electrons. The molecule has 0 saturated heterocycles. The summed E-state index contributed by atoms with van der Waals surface area (Å²) in [6.45, 7) is 8.25. The molecule has 0 aliphatic heterocycles. The average Bonchev–Trinajstić information content (AvgIpc) is 2.39. The number of ether oxygens (including phenoxy) is 1. The zero-order valence-electron chi connectivity index (χ0n) is 12.3. The Hall–Kier alpha value is -0.380. The van der Waals surface area contributed by atoms with Crippen LogP contribution in [-0.4, -0.2) is 19.2 Å². The number of halogens is 1. The van der Waals surface area contributed by atoms with Crippen LogP contribution in [0.15, 0.2) is 28.7 Å². The van der Waals surface area contributed by atoms with Gasteiger partial charge in [-0.3, -0.25) is 0 Å². The normalized spacial score (nSPS) is 12.9. The largest absolute Gasteiger partial charge is 0.372 e. The van der Waals surface area contributed by atoms with Gasteiger partial charge in [-0.25, -0.2) is 0 Å². The third kappa shape index (κ3) is 7.09. The Morgan fingerprint density at radius 2 is 1.84 bits per heavy atom. The first-order valence-electron chi connectivity index (χ1n) is 7.24. The van der Waals surface area contributed by atoms with Crippen LogP contribution >= 0.6 is 15.9 Å². The summed E-state index contributed by atoms with van der Waals surface area (Å²) in [5.74, 6) is 0. The first-order chi connectivity index (χ1) is 9.13. The minimum Gasteiger partial charge on any atom is -0.372 e. The van der Waals surface area contributed by atoms with E-state index in [1.54, 1.807) is 0 Å². The minimum absolute atomic E-state index is 0.146. The fourth-order valence-electron chi connectivity index (χ4n) is 1.87. The molecule has 3 heteroatoms. The van der Waals surface area contributed by atoms with E-state index < -0.39 is 0 Å². The van der Waals surface area contributed by atoms with Crippen LogP contribution < -0.4 is 5.32 Å². The van der Waals surface area contributed by atoms with E-state index >= 15 is 0 Å². The molecule has 0 aromatic heterocycles. The standard InChI is InChI=1S/C16H26BrNO/c1-4-5-6-11-19-16(12-18-13(2)3)14-7-9-15(17)10-8-14/h7-10,13,16,18H,4-6,11-12H2,1-3H3. The minimum atomic E-state index is 0.146. The number of hydrogen-bond acceptors (Lipinski definition) is 2. The molecule has 0 heterocycles. The predicted molar refractivity (Wildman–Crippen MR) is 85.5 cm³/mol. The van der Waals surface area contributed by atoms with E-state index in [0.717, 1.165) is 24.0 Å². The van der Waals surface area contributed by atoms with Gasteiger partial charge in [0.2, 0.25) is 0 Å². The average molecular weight is 328 g/mol. The summed E-state index contributed by atoms with van der Waals surface area (Å²) >= 11 is 3.47. The van der Waals surface area contributed by atoms with Crippen molar-refractivity contribution in [1.82, 2.24) is 5.32 Å². The van der Waals surface area contributed by atoms with E-state index in [4.69, 9.17) is 4.74 Å². The Kier molecular flexibility index (Phi) is 8.35. The van der Waals surface area contributed by atoms with Crippen LogP contribution in [0.1, 0.15) is 51.7 Å². The van der Waals surface area contributed by atoms with Crippen molar-refractivity contribution < 1.29 is 4.74 Å². The molecule has 0 bridgehead atoms. The molecule has 0 fully saturated rings. The van der Waals surface area contributed by atoms with E-state index in [1.807, 2.05) is 0 Å². The first-order valence-corrected chi connectivity index (χ1v) is 8.03. The van der Waals surface area contributed by atoms with Crippen molar-refractivity contribution >= 4 is 15.9 Å². The molecule has 0 amide bonds. The number of unbranched alkanes of at least 4 members (excludes halogenated alkanes) is 2.